The summed E-state index contributed by atoms with van der Waals surface area (Å²) in [6, 6.07) is 18.6. The topological polar surface area (TPSA) is 173 Å². The first kappa shape index (κ1) is 29.5. The van der Waals surface area contributed by atoms with Gasteiger partial charge in [-0.2, -0.15) is 5.10 Å². The fourth-order valence-corrected chi connectivity index (χ4v) is 4.47. The normalized spacial score (nSPS) is 15.2. The molecular formula is C28H33N3O8. The number of aromatic nitrogens is 2. The van der Waals surface area contributed by atoms with Crippen molar-refractivity contribution in [2.24, 2.45) is 0 Å². The number of carboxylic acid groups (broad SMARTS) is 3. The van der Waals surface area contributed by atoms with E-state index in [0.29, 0.717) is 0 Å². The first-order valence-electron chi connectivity index (χ1n) is 12.4. The Hall–Kier alpha value is -4.06. The van der Waals surface area contributed by atoms with E-state index in [1.165, 1.54) is 11.1 Å². The first-order chi connectivity index (χ1) is 18.4. The molecule has 0 aliphatic carbocycles. The highest BCUT2D eigenvalue weighted by Gasteiger charge is 2.40. The van der Waals surface area contributed by atoms with Crippen LogP contribution in [-0.2, 0) is 26.5 Å². The number of carboxylic acids is 3. The van der Waals surface area contributed by atoms with Crippen LogP contribution in [0.4, 0.5) is 0 Å². The smallest absolute Gasteiger partial charge is 0.336 e. The van der Waals surface area contributed by atoms with Crippen molar-refractivity contribution >= 4 is 17.9 Å². The summed E-state index contributed by atoms with van der Waals surface area (Å²) in [5.74, 6) is -5.02. The van der Waals surface area contributed by atoms with E-state index in [9.17, 15) is 19.5 Å². The predicted octanol–water partition coefficient (Wildman–Crippen LogP) is 2.42. The highest BCUT2D eigenvalue weighted by atomic mass is 16.4. The van der Waals surface area contributed by atoms with Crippen molar-refractivity contribution in [2.75, 3.05) is 13.1 Å². The number of aliphatic carboxylic acids is 3. The maximum atomic E-state index is 11.1. The lowest BCUT2D eigenvalue weighted by Crippen LogP contribution is -2.42. The summed E-state index contributed by atoms with van der Waals surface area (Å²) < 4.78 is 1.92. The standard InChI is InChI=1S/C22H25N3O.C6H8O7/c1-18-7-9-20(10-8-18)22(26)11-15-24(16-12-22)17-19-5-2-3-6-21(19)25-14-4-13-23-25;7-3(8)1-6(13,5(11)12)2-4(9)10/h2-10,13-14,26H,11-12,15-17H2,1H3;13H,1-2H2,(H,7,8)(H,9,10)(H,11,12). The molecule has 11 heteroatoms. The number of hydrogen-bond acceptors (Lipinski definition) is 7. The van der Waals surface area contributed by atoms with E-state index in [2.05, 4.69) is 59.4 Å². The Bertz CT molecular complexity index is 1250. The number of aryl methyl sites for hydroxylation is 1. The molecule has 1 aliphatic heterocycles. The van der Waals surface area contributed by atoms with Gasteiger partial charge in [0.05, 0.1) is 24.1 Å². The Balaban J connectivity index is 0.000000276. The molecule has 208 valence electrons. The number of nitrogens with zero attached hydrogens (tertiary/aromatic N) is 3. The van der Waals surface area contributed by atoms with Gasteiger partial charge in [-0.1, -0.05) is 48.0 Å². The molecule has 11 nitrogen and oxygen atoms in total. The second kappa shape index (κ2) is 12.7. The number of rotatable bonds is 9. The minimum absolute atomic E-state index is 0.703. The number of carbonyl (C=O) groups is 3. The molecule has 1 aliphatic rings. The number of likely N-dealkylation sites (tertiary alicyclic amines) is 1. The van der Waals surface area contributed by atoms with Crippen molar-refractivity contribution in [3.63, 3.8) is 0 Å². The molecule has 0 atom stereocenters. The van der Waals surface area contributed by atoms with Crippen molar-refractivity contribution in [1.29, 1.82) is 0 Å². The van der Waals surface area contributed by atoms with Gasteiger partial charge in [-0.3, -0.25) is 14.5 Å². The highest BCUT2D eigenvalue weighted by molar-refractivity contribution is 5.88. The molecule has 1 fully saturated rings. The third-order valence-corrected chi connectivity index (χ3v) is 6.69. The van der Waals surface area contributed by atoms with Crippen LogP contribution in [0.15, 0.2) is 67.0 Å². The van der Waals surface area contributed by atoms with E-state index >= 15 is 0 Å². The molecule has 0 amide bonds. The Morgan fingerprint density at radius 3 is 2.03 bits per heavy atom. The summed E-state index contributed by atoms with van der Waals surface area (Å²) in [4.78, 5) is 32.9. The van der Waals surface area contributed by atoms with Crippen LogP contribution in [0, 0.1) is 6.92 Å². The predicted molar refractivity (Wildman–Crippen MR) is 140 cm³/mol. The molecule has 0 saturated carbocycles. The first-order valence-corrected chi connectivity index (χ1v) is 12.4. The van der Waals surface area contributed by atoms with Crippen LogP contribution >= 0.6 is 0 Å². The van der Waals surface area contributed by atoms with Crippen LogP contribution in [0.3, 0.4) is 0 Å². The fraction of sp³-hybridized carbons (Fsp3) is 0.357. The van der Waals surface area contributed by atoms with E-state index in [4.69, 9.17) is 20.4 Å². The minimum atomic E-state index is -2.74. The van der Waals surface area contributed by atoms with Crippen molar-refractivity contribution in [1.82, 2.24) is 14.7 Å². The summed E-state index contributed by atoms with van der Waals surface area (Å²) in [6.07, 6.45) is 3.02. The van der Waals surface area contributed by atoms with E-state index in [1.54, 1.807) is 6.20 Å². The maximum Gasteiger partial charge on any atom is 0.336 e. The molecule has 3 aromatic rings. The summed E-state index contributed by atoms with van der Waals surface area (Å²) in [7, 11) is 0. The molecule has 1 aromatic heterocycles. The second-order valence-electron chi connectivity index (χ2n) is 9.73. The van der Waals surface area contributed by atoms with Crippen molar-refractivity contribution in [3.05, 3.63) is 83.7 Å². The van der Waals surface area contributed by atoms with Crippen LogP contribution in [0.2, 0.25) is 0 Å². The summed E-state index contributed by atoms with van der Waals surface area (Å²) >= 11 is 0. The molecule has 39 heavy (non-hydrogen) atoms. The third-order valence-electron chi connectivity index (χ3n) is 6.69. The van der Waals surface area contributed by atoms with Gasteiger partial charge in [-0.25, -0.2) is 9.48 Å². The molecule has 0 unspecified atom stereocenters. The molecule has 2 aromatic carbocycles. The Morgan fingerprint density at radius 2 is 1.51 bits per heavy atom. The van der Waals surface area contributed by atoms with Gasteiger partial charge in [0.15, 0.2) is 5.60 Å². The van der Waals surface area contributed by atoms with Crippen LogP contribution in [0.1, 0.15) is 42.4 Å². The lowest BCUT2D eigenvalue weighted by atomic mass is 9.84. The van der Waals surface area contributed by atoms with Crippen LogP contribution in [-0.4, -0.2) is 76.8 Å². The largest absolute Gasteiger partial charge is 0.481 e. The lowest BCUT2D eigenvalue weighted by Gasteiger charge is -2.38. The molecule has 2 heterocycles. The van der Waals surface area contributed by atoms with Crippen molar-refractivity contribution in [3.8, 4) is 5.69 Å². The van der Waals surface area contributed by atoms with Gasteiger partial charge >= 0.3 is 17.9 Å². The molecule has 0 spiro atoms. The number of para-hydroxylation sites is 1. The molecular weight excluding hydrogens is 506 g/mol. The number of aliphatic hydroxyl groups is 2. The van der Waals surface area contributed by atoms with Crippen molar-refractivity contribution in [2.45, 2.75) is 50.4 Å². The minimum Gasteiger partial charge on any atom is -0.481 e. The fourth-order valence-electron chi connectivity index (χ4n) is 4.47. The average molecular weight is 540 g/mol. The zero-order valence-corrected chi connectivity index (χ0v) is 21.6. The van der Waals surface area contributed by atoms with Gasteiger partial charge < -0.3 is 25.5 Å². The van der Waals surface area contributed by atoms with E-state index in [0.717, 1.165) is 43.7 Å². The van der Waals surface area contributed by atoms with Gasteiger partial charge in [0.1, 0.15) is 0 Å². The second-order valence-corrected chi connectivity index (χ2v) is 9.73. The number of hydrogen-bond donors (Lipinski definition) is 5. The molecule has 1 saturated heterocycles. The Morgan fingerprint density at radius 1 is 0.923 bits per heavy atom. The number of benzene rings is 2. The van der Waals surface area contributed by atoms with Crippen LogP contribution < -0.4 is 0 Å². The monoisotopic (exact) mass is 539 g/mol. The van der Waals surface area contributed by atoms with E-state index < -0.39 is 42.0 Å². The quantitative estimate of drug-likeness (QED) is 0.272. The van der Waals surface area contributed by atoms with Crippen molar-refractivity contribution < 1.29 is 39.9 Å². The van der Waals surface area contributed by atoms with Gasteiger partial charge in [-0.05, 0) is 43.0 Å². The third kappa shape index (κ3) is 7.96. The van der Waals surface area contributed by atoms with Gasteiger partial charge in [0.25, 0.3) is 0 Å². The molecule has 5 N–H and O–H groups in total. The van der Waals surface area contributed by atoms with E-state index in [-0.39, 0.29) is 0 Å². The van der Waals surface area contributed by atoms with E-state index in [1.807, 2.05) is 23.0 Å². The summed E-state index contributed by atoms with van der Waals surface area (Å²) in [5.41, 5.74) is 1.21. The van der Waals surface area contributed by atoms with Gasteiger partial charge in [0, 0.05) is 32.0 Å². The highest BCUT2D eigenvalue weighted by Crippen LogP contribution is 2.33. The number of piperidine rings is 1. The van der Waals surface area contributed by atoms with Crippen LogP contribution in [0.25, 0.3) is 5.69 Å². The van der Waals surface area contributed by atoms with Gasteiger partial charge in [0.2, 0.25) is 0 Å². The summed E-state index contributed by atoms with van der Waals surface area (Å²) in [6.45, 7) is 4.73. The zero-order chi connectivity index (χ0) is 28.6. The van der Waals surface area contributed by atoms with Gasteiger partial charge in [-0.15, -0.1) is 0 Å². The average Bonchev–Trinajstić information content (AvgIpc) is 3.40. The molecule has 0 radical (unpaired) electrons. The van der Waals surface area contributed by atoms with Crippen LogP contribution in [0.5, 0.6) is 0 Å². The molecule has 4 rings (SSSR count). The maximum absolute atomic E-state index is 11.1. The summed E-state index contributed by atoms with van der Waals surface area (Å²) in [5, 5.41) is 49.3. The molecule has 0 bridgehead atoms. The Kier molecular flexibility index (Phi) is 9.57. The SMILES string of the molecule is Cc1ccc(C2(O)CCN(Cc3ccccc3-n3cccn3)CC2)cc1.O=C(O)CC(O)(CC(=O)O)C(=O)O. The zero-order valence-electron chi connectivity index (χ0n) is 21.6. The lowest BCUT2D eigenvalue weighted by molar-refractivity contribution is -0.170. The Labute approximate surface area is 225 Å².